The molecule has 150 valence electrons. The van der Waals surface area contributed by atoms with Gasteiger partial charge < -0.3 is 14.1 Å². The van der Waals surface area contributed by atoms with Crippen LogP contribution in [0.1, 0.15) is 58.8 Å². The Morgan fingerprint density at radius 1 is 1.24 bits per heavy atom. The zero-order chi connectivity index (χ0) is 20.2. The summed E-state index contributed by atoms with van der Waals surface area (Å²) >= 11 is 0. The van der Waals surface area contributed by atoms with Gasteiger partial charge in [-0.05, 0) is 38.3 Å². The van der Waals surface area contributed by atoms with Gasteiger partial charge in [-0.1, -0.05) is 18.2 Å². The van der Waals surface area contributed by atoms with Crippen molar-refractivity contribution in [3.05, 3.63) is 71.5 Å². The Morgan fingerprint density at radius 3 is 2.93 bits per heavy atom. The second-order valence-electron chi connectivity index (χ2n) is 7.15. The van der Waals surface area contributed by atoms with E-state index in [9.17, 15) is 4.79 Å². The van der Waals surface area contributed by atoms with Gasteiger partial charge in [-0.25, -0.2) is 15.0 Å². The largest absolute Gasteiger partial charge is 0.496 e. The fourth-order valence-corrected chi connectivity index (χ4v) is 3.75. The normalized spacial score (nSPS) is 16.6. The van der Waals surface area contributed by atoms with Crippen molar-refractivity contribution >= 4 is 5.91 Å². The number of oxazole rings is 1. The summed E-state index contributed by atoms with van der Waals surface area (Å²) in [4.78, 5) is 27.8. The molecule has 3 heterocycles. The fraction of sp³-hybridized carbons (Fsp3) is 0.364. The van der Waals surface area contributed by atoms with Crippen molar-refractivity contribution in [2.45, 2.75) is 38.6 Å². The van der Waals surface area contributed by atoms with Crippen LogP contribution < -0.4 is 4.74 Å². The summed E-state index contributed by atoms with van der Waals surface area (Å²) in [5.41, 5.74) is 1.44. The van der Waals surface area contributed by atoms with Crippen LogP contribution in [0.2, 0.25) is 0 Å². The molecule has 3 aromatic rings. The number of nitrogens with zero attached hydrogens (tertiary/aromatic N) is 4. The number of hydrogen-bond donors (Lipinski definition) is 0. The third-order valence-corrected chi connectivity index (χ3v) is 5.17. The molecule has 1 unspecified atom stereocenters. The van der Waals surface area contributed by atoms with Crippen molar-refractivity contribution in [1.29, 1.82) is 0 Å². The predicted octanol–water partition coefficient (Wildman–Crippen LogP) is 3.74. The van der Waals surface area contributed by atoms with Gasteiger partial charge in [-0.3, -0.25) is 4.79 Å². The van der Waals surface area contributed by atoms with Crippen molar-refractivity contribution in [2.75, 3.05) is 13.7 Å². The topological polar surface area (TPSA) is 81.4 Å². The number of hydrogen-bond acceptors (Lipinski definition) is 6. The molecule has 7 heteroatoms. The molecule has 1 saturated heterocycles. The van der Waals surface area contributed by atoms with E-state index in [-0.39, 0.29) is 11.9 Å². The molecular formula is C22H24N4O3. The average Bonchev–Trinajstić information content (AvgIpc) is 3.22. The maximum atomic E-state index is 13.1. The molecule has 1 aromatic carbocycles. The molecule has 0 spiro atoms. The van der Waals surface area contributed by atoms with Gasteiger partial charge in [0.2, 0.25) is 5.89 Å². The number of carbonyl (C=O) groups is 1. The molecule has 0 radical (unpaired) electrons. The highest BCUT2D eigenvalue weighted by Crippen LogP contribution is 2.32. The number of amides is 1. The highest BCUT2D eigenvalue weighted by atomic mass is 16.5. The molecule has 1 aliphatic rings. The summed E-state index contributed by atoms with van der Waals surface area (Å²) in [7, 11) is 1.66. The van der Waals surface area contributed by atoms with E-state index in [1.165, 1.54) is 0 Å². The molecule has 2 aromatic heterocycles. The fourth-order valence-electron chi connectivity index (χ4n) is 3.75. The van der Waals surface area contributed by atoms with Gasteiger partial charge in [0.15, 0.2) is 0 Å². The minimum absolute atomic E-state index is 0.107. The molecular weight excluding hydrogens is 368 g/mol. The summed E-state index contributed by atoms with van der Waals surface area (Å²) in [5.74, 6) is 2.62. The number of benzene rings is 1. The van der Waals surface area contributed by atoms with Crippen LogP contribution in [0, 0.1) is 6.92 Å². The van der Waals surface area contributed by atoms with E-state index in [2.05, 4.69) is 15.0 Å². The van der Waals surface area contributed by atoms with Crippen molar-refractivity contribution in [3.63, 3.8) is 0 Å². The van der Waals surface area contributed by atoms with Crippen LogP contribution in [0.25, 0.3) is 0 Å². The zero-order valence-electron chi connectivity index (χ0n) is 16.7. The van der Waals surface area contributed by atoms with Crippen LogP contribution in [0.3, 0.4) is 0 Å². The monoisotopic (exact) mass is 392 g/mol. The molecule has 0 aliphatic carbocycles. The molecule has 1 aliphatic heterocycles. The number of aromatic nitrogens is 3. The van der Waals surface area contributed by atoms with Crippen LogP contribution in [0.4, 0.5) is 0 Å². The first-order valence-electron chi connectivity index (χ1n) is 9.83. The molecule has 7 nitrogen and oxygen atoms in total. The lowest BCUT2D eigenvalue weighted by molar-refractivity contribution is 0.0563. The Kier molecular flexibility index (Phi) is 5.55. The summed E-state index contributed by atoms with van der Waals surface area (Å²) < 4.78 is 11.5. The first-order chi connectivity index (χ1) is 14.2. The molecule has 29 heavy (non-hydrogen) atoms. The van der Waals surface area contributed by atoms with E-state index < -0.39 is 0 Å². The van der Waals surface area contributed by atoms with Crippen LogP contribution in [-0.4, -0.2) is 39.4 Å². The first-order valence-corrected chi connectivity index (χ1v) is 9.83. The molecule has 0 saturated carbocycles. The highest BCUT2D eigenvalue weighted by molar-refractivity contribution is 5.92. The lowest BCUT2D eigenvalue weighted by Crippen LogP contribution is -2.39. The molecule has 1 atom stereocenters. The maximum absolute atomic E-state index is 13.1. The molecule has 0 N–H and O–H groups in total. The molecule has 1 amide bonds. The van der Waals surface area contributed by atoms with E-state index >= 15 is 0 Å². The van der Waals surface area contributed by atoms with Gasteiger partial charge in [0, 0.05) is 24.7 Å². The third kappa shape index (κ3) is 4.13. The highest BCUT2D eigenvalue weighted by Gasteiger charge is 2.32. The summed E-state index contributed by atoms with van der Waals surface area (Å²) in [6.07, 6.45) is 6.76. The van der Waals surface area contributed by atoms with E-state index in [4.69, 9.17) is 9.15 Å². The average molecular weight is 392 g/mol. The predicted molar refractivity (Wildman–Crippen MR) is 107 cm³/mol. The van der Waals surface area contributed by atoms with Gasteiger partial charge in [-0.15, -0.1) is 0 Å². The van der Waals surface area contributed by atoms with Crippen LogP contribution in [0.15, 0.2) is 47.1 Å². The maximum Gasteiger partial charge on any atom is 0.273 e. The van der Waals surface area contributed by atoms with Gasteiger partial charge in [0.25, 0.3) is 5.91 Å². The standard InChI is InChI=1S/C22H24N4O3/c1-15-23-11-10-18(25-15)22(27)26-12-6-5-8-19(26)21-24-14-17(29-21)13-16-7-3-4-9-20(16)28-2/h3-4,7,9-11,14,19H,5-6,8,12-13H2,1-2H3. The van der Waals surface area contributed by atoms with Crippen molar-refractivity contribution < 1.29 is 13.9 Å². The number of para-hydroxylation sites is 1. The Bertz CT molecular complexity index is 1000. The number of rotatable bonds is 5. The van der Waals surface area contributed by atoms with Crippen LogP contribution in [0.5, 0.6) is 5.75 Å². The molecule has 0 bridgehead atoms. The Morgan fingerprint density at radius 2 is 2.10 bits per heavy atom. The lowest BCUT2D eigenvalue weighted by Gasteiger charge is -2.33. The SMILES string of the molecule is COc1ccccc1Cc1cnc(C2CCCCN2C(=O)c2ccnc(C)n2)o1. The Labute approximate surface area is 169 Å². The second-order valence-corrected chi connectivity index (χ2v) is 7.15. The van der Waals surface area contributed by atoms with Gasteiger partial charge >= 0.3 is 0 Å². The molecule has 4 rings (SSSR count). The smallest absolute Gasteiger partial charge is 0.273 e. The summed E-state index contributed by atoms with van der Waals surface area (Å²) in [6.45, 7) is 2.44. The first kappa shape index (κ1) is 19.1. The number of carbonyl (C=O) groups excluding carboxylic acids is 1. The third-order valence-electron chi connectivity index (χ3n) is 5.17. The quantitative estimate of drug-likeness (QED) is 0.658. The van der Waals surface area contributed by atoms with Crippen LogP contribution in [-0.2, 0) is 6.42 Å². The molecule has 1 fully saturated rings. The van der Waals surface area contributed by atoms with Crippen molar-refractivity contribution in [2.24, 2.45) is 0 Å². The van der Waals surface area contributed by atoms with Crippen LogP contribution >= 0.6 is 0 Å². The minimum Gasteiger partial charge on any atom is -0.496 e. The number of piperidine rings is 1. The zero-order valence-corrected chi connectivity index (χ0v) is 16.7. The lowest BCUT2D eigenvalue weighted by atomic mass is 10.0. The second kappa shape index (κ2) is 8.43. The number of ether oxygens (including phenoxy) is 1. The summed E-state index contributed by atoms with van der Waals surface area (Å²) in [5, 5.41) is 0. The van der Waals surface area contributed by atoms with E-state index in [1.807, 2.05) is 29.2 Å². The van der Waals surface area contributed by atoms with Gasteiger partial charge in [0.1, 0.15) is 29.1 Å². The van der Waals surface area contributed by atoms with Crippen molar-refractivity contribution in [1.82, 2.24) is 19.9 Å². The van der Waals surface area contributed by atoms with Gasteiger partial charge in [-0.2, -0.15) is 0 Å². The van der Waals surface area contributed by atoms with E-state index in [0.29, 0.717) is 30.4 Å². The van der Waals surface area contributed by atoms with E-state index in [0.717, 1.165) is 36.3 Å². The van der Waals surface area contributed by atoms with Gasteiger partial charge in [0.05, 0.1) is 13.3 Å². The minimum atomic E-state index is -0.182. The van der Waals surface area contributed by atoms with Crippen molar-refractivity contribution in [3.8, 4) is 5.75 Å². The number of methoxy groups -OCH3 is 1. The summed E-state index contributed by atoms with van der Waals surface area (Å²) in [6, 6.07) is 9.32. The Hall–Kier alpha value is -3.22. The Balaban J connectivity index is 1.55. The number of aryl methyl sites for hydroxylation is 1. The van der Waals surface area contributed by atoms with E-state index in [1.54, 1.807) is 32.5 Å². The number of likely N-dealkylation sites (tertiary alicyclic amines) is 1.